The Kier molecular flexibility index (Phi) is 7.30. The zero-order valence-corrected chi connectivity index (χ0v) is 19.2. The molecule has 1 fully saturated rings. The molecule has 1 aromatic heterocycles. The molecule has 166 valence electrons. The maximum Gasteiger partial charge on any atom is 0.284 e. The summed E-state index contributed by atoms with van der Waals surface area (Å²) in [6.45, 7) is 2.30. The predicted molar refractivity (Wildman–Crippen MR) is 120 cm³/mol. The summed E-state index contributed by atoms with van der Waals surface area (Å²) in [5.74, 6) is -0.561. The molecule has 31 heavy (non-hydrogen) atoms. The fourth-order valence-corrected chi connectivity index (χ4v) is 5.18. The van der Waals surface area contributed by atoms with E-state index in [9.17, 15) is 18.3 Å². The normalized spacial score (nSPS) is 18.9. The highest BCUT2D eigenvalue weighted by Gasteiger charge is 2.26. The minimum absolute atomic E-state index is 0.0711. The number of sulfonamides is 1. The van der Waals surface area contributed by atoms with Gasteiger partial charge in [-0.15, -0.1) is 11.3 Å². The number of amides is 1. The highest BCUT2D eigenvalue weighted by atomic mass is 32.2. The van der Waals surface area contributed by atoms with Gasteiger partial charge in [-0.2, -0.15) is 5.26 Å². The molecule has 0 bridgehead atoms. The number of carbonyl (C=O) groups excluding carboxylic acids is 1. The number of aliphatic hydroxyl groups excluding tert-OH is 1. The molecule has 1 aromatic carbocycles. The van der Waals surface area contributed by atoms with Crippen molar-refractivity contribution in [2.45, 2.75) is 45.1 Å². The maximum atomic E-state index is 12.4. The summed E-state index contributed by atoms with van der Waals surface area (Å²) in [5.41, 5.74) is 1.42. The number of thiazole rings is 1. The Hall–Kier alpha value is -2.48. The summed E-state index contributed by atoms with van der Waals surface area (Å²) in [4.78, 5) is 19.3. The van der Waals surface area contributed by atoms with Crippen LogP contribution in [0, 0.1) is 24.2 Å². The molecule has 1 amide bonds. The van der Waals surface area contributed by atoms with Crippen molar-refractivity contribution in [2.75, 3.05) is 17.7 Å². The van der Waals surface area contributed by atoms with Crippen LogP contribution in [0.5, 0.6) is 0 Å². The fraction of sp³-hybridized carbons (Fsp3) is 0.476. The molecule has 0 aliphatic heterocycles. The van der Waals surface area contributed by atoms with Crippen molar-refractivity contribution in [3.05, 3.63) is 40.4 Å². The van der Waals surface area contributed by atoms with Gasteiger partial charge in [-0.05, 0) is 56.4 Å². The summed E-state index contributed by atoms with van der Waals surface area (Å²) in [5, 5.41) is 20.0. The SMILES string of the molecule is Cc1sc(N(CCC2CCCCC2O)c2ccc(C#N)cc2)nc1C(=O)NS(C)(=O)=O. The van der Waals surface area contributed by atoms with Gasteiger partial charge in [0.25, 0.3) is 5.91 Å². The van der Waals surface area contributed by atoms with Crippen LogP contribution in [0.4, 0.5) is 10.8 Å². The molecular weight excluding hydrogens is 436 g/mol. The van der Waals surface area contributed by atoms with E-state index in [0.29, 0.717) is 22.1 Å². The third-order valence-electron chi connectivity index (χ3n) is 5.41. The van der Waals surface area contributed by atoms with Crippen LogP contribution in [0.3, 0.4) is 0 Å². The van der Waals surface area contributed by atoms with E-state index in [1.54, 1.807) is 19.1 Å². The van der Waals surface area contributed by atoms with E-state index in [4.69, 9.17) is 5.26 Å². The lowest BCUT2D eigenvalue weighted by molar-refractivity contribution is 0.0666. The Balaban J connectivity index is 1.89. The van der Waals surface area contributed by atoms with Gasteiger partial charge in [0.05, 0.1) is 24.0 Å². The highest BCUT2D eigenvalue weighted by Crippen LogP contribution is 2.34. The molecule has 1 saturated carbocycles. The second kappa shape index (κ2) is 9.77. The van der Waals surface area contributed by atoms with Gasteiger partial charge in [-0.1, -0.05) is 12.8 Å². The van der Waals surface area contributed by atoms with Gasteiger partial charge < -0.3 is 10.0 Å². The van der Waals surface area contributed by atoms with Crippen LogP contribution >= 0.6 is 11.3 Å². The van der Waals surface area contributed by atoms with E-state index < -0.39 is 15.9 Å². The lowest BCUT2D eigenvalue weighted by atomic mass is 9.84. The number of rotatable bonds is 7. The second-order valence-electron chi connectivity index (χ2n) is 7.82. The number of nitrogens with zero attached hydrogens (tertiary/aromatic N) is 3. The number of anilines is 2. The summed E-state index contributed by atoms with van der Waals surface area (Å²) in [7, 11) is -3.70. The molecule has 2 aromatic rings. The number of carbonyl (C=O) groups is 1. The first kappa shape index (κ1) is 23.2. The quantitative estimate of drug-likeness (QED) is 0.648. The third-order valence-corrected chi connectivity index (χ3v) is 6.96. The summed E-state index contributed by atoms with van der Waals surface area (Å²) < 4.78 is 24.8. The zero-order chi connectivity index (χ0) is 22.6. The van der Waals surface area contributed by atoms with E-state index in [1.807, 2.05) is 21.8 Å². The van der Waals surface area contributed by atoms with Gasteiger partial charge in [0.1, 0.15) is 5.69 Å². The number of aryl methyl sites for hydroxylation is 1. The van der Waals surface area contributed by atoms with Crippen LogP contribution in [0.15, 0.2) is 24.3 Å². The minimum Gasteiger partial charge on any atom is -0.393 e. The molecule has 10 heteroatoms. The smallest absolute Gasteiger partial charge is 0.284 e. The van der Waals surface area contributed by atoms with Crippen LogP contribution in [-0.4, -0.2) is 43.3 Å². The number of aliphatic hydroxyl groups is 1. The first-order valence-corrected chi connectivity index (χ1v) is 12.8. The van der Waals surface area contributed by atoms with Crippen molar-refractivity contribution in [3.63, 3.8) is 0 Å². The number of hydrogen-bond donors (Lipinski definition) is 2. The minimum atomic E-state index is -3.70. The predicted octanol–water partition coefficient (Wildman–Crippen LogP) is 3.09. The van der Waals surface area contributed by atoms with E-state index in [-0.39, 0.29) is 17.7 Å². The van der Waals surface area contributed by atoms with E-state index in [0.717, 1.165) is 44.0 Å². The number of nitrogens with one attached hydrogen (secondary N) is 1. The van der Waals surface area contributed by atoms with Gasteiger partial charge in [0.2, 0.25) is 10.0 Å². The van der Waals surface area contributed by atoms with Crippen molar-refractivity contribution in [1.29, 1.82) is 5.26 Å². The molecule has 2 unspecified atom stereocenters. The van der Waals surface area contributed by atoms with Gasteiger partial charge in [0.15, 0.2) is 5.13 Å². The molecular formula is C21H26N4O4S2. The van der Waals surface area contributed by atoms with Gasteiger partial charge >= 0.3 is 0 Å². The molecule has 1 aliphatic rings. The van der Waals surface area contributed by atoms with Crippen LogP contribution in [0.25, 0.3) is 0 Å². The first-order chi connectivity index (χ1) is 14.7. The summed E-state index contributed by atoms with van der Waals surface area (Å²) >= 11 is 1.30. The summed E-state index contributed by atoms with van der Waals surface area (Å²) in [6.07, 6.45) is 5.29. The molecule has 0 saturated heterocycles. The van der Waals surface area contributed by atoms with Gasteiger partial charge in [0, 0.05) is 17.1 Å². The summed E-state index contributed by atoms with van der Waals surface area (Å²) in [6, 6.07) is 9.18. The lowest BCUT2D eigenvalue weighted by Gasteiger charge is -2.30. The van der Waals surface area contributed by atoms with Crippen molar-refractivity contribution in [2.24, 2.45) is 5.92 Å². The number of nitriles is 1. The Morgan fingerprint density at radius 2 is 2.00 bits per heavy atom. The standard InChI is InChI=1S/C21H26N4O4S2/c1-14-19(20(27)24-31(2,28)29)23-21(30-14)25(17-9-7-15(13-22)8-10-17)12-11-16-5-3-4-6-18(16)26/h7-10,16,18,26H,3-6,11-12H2,1-2H3,(H,24,27). The number of hydrogen-bond acceptors (Lipinski definition) is 8. The molecule has 2 atom stereocenters. The van der Waals surface area contributed by atoms with E-state index in [1.165, 1.54) is 11.3 Å². The Labute approximate surface area is 186 Å². The first-order valence-electron chi connectivity index (χ1n) is 10.1. The molecule has 1 aliphatic carbocycles. The zero-order valence-electron chi connectivity index (χ0n) is 17.5. The number of aromatic nitrogens is 1. The van der Waals surface area contributed by atoms with Crippen LogP contribution < -0.4 is 9.62 Å². The lowest BCUT2D eigenvalue weighted by Crippen LogP contribution is -2.30. The van der Waals surface area contributed by atoms with Crippen LogP contribution in [0.1, 0.15) is 53.0 Å². The molecule has 2 N–H and O–H groups in total. The van der Waals surface area contributed by atoms with Crippen molar-refractivity contribution in [3.8, 4) is 6.07 Å². The monoisotopic (exact) mass is 462 g/mol. The topological polar surface area (TPSA) is 123 Å². The Bertz CT molecular complexity index is 1070. The van der Waals surface area contributed by atoms with E-state index in [2.05, 4.69) is 11.1 Å². The number of benzene rings is 1. The van der Waals surface area contributed by atoms with Crippen LogP contribution in [-0.2, 0) is 10.0 Å². The van der Waals surface area contributed by atoms with Crippen molar-refractivity contribution >= 4 is 38.1 Å². The molecule has 3 rings (SSSR count). The Morgan fingerprint density at radius 1 is 1.32 bits per heavy atom. The molecule has 1 heterocycles. The molecule has 8 nitrogen and oxygen atoms in total. The van der Waals surface area contributed by atoms with Gasteiger partial charge in [-0.3, -0.25) is 4.79 Å². The fourth-order valence-electron chi connectivity index (χ4n) is 3.80. The highest BCUT2D eigenvalue weighted by molar-refractivity contribution is 7.89. The molecule has 0 spiro atoms. The average Bonchev–Trinajstić information content (AvgIpc) is 3.10. The average molecular weight is 463 g/mol. The van der Waals surface area contributed by atoms with Gasteiger partial charge in [-0.25, -0.2) is 18.1 Å². The van der Waals surface area contributed by atoms with Crippen molar-refractivity contribution in [1.82, 2.24) is 9.71 Å². The third kappa shape index (κ3) is 6.03. The molecule has 0 radical (unpaired) electrons. The van der Waals surface area contributed by atoms with Crippen LogP contribution in [0.2, 0.25) is 0 Å². The van der Waals surface area contributed by atoms with Crippen molar-refractivity contribution < 1.29 is 18.3 Å². The van der Waals surface area contributed by atoms with E-state index >= 15 is 0 Å². The second-order valence-corrected chi connectivity index (χ2v) is 10.7. The Morgan fingerprint density at radius 3 is 2.61 bits per heavy atom. The largest absolute Gasteiger partial charge is 0.393 e. The maximum absolute atomic E-state index is 12.4.